The summed E-state index contributed by atoms with van der Waals surface area (Å²) in [6.07, 6.45) is 0.0982. The van der Waals surface area contributed by atoms with Gasteiger partial charge in [-0.25, -0.2) is 4.79 Å². The van der Waals surface area contributed by atoms with Crippen LogP contribution in [-0.4, -0.2) is 47.0 Å². The highest BCUT2D eigenvalue weighted by Gasteiger charge is 2.37. The molecule has 0 saturated heterocycles. The molecule has 8 nitrogen and oxygen atoms in total. The standard InChI is InChI=1S/C25H38N4O4/c1-9-18-10-12-19(13-11-18)21(22(30)27-17(4)5)29(15-14-26)23(31)20(16(2)3)28-24(32)33-25(6,7)8/h10-13,16-17,20-21H,9,15H2,1-8H3,(H,27,30)(H,28,32). The Balaban J connectivity index is 3.40. The number of carbonyl (C=O) groups excluding carboxylic acids is 3. The van der Waals surface area contributed by atoms with Gasteiger partial charge >= 0.3 is 6.09 Å². The van der Waals surface area contributed by atoms with Crippen LogP contribution in [0, 0.1) is 17.2 Å². The normalized spacial score (nSPS) is 13.1. The summed E-state index contributed by atoms with van der Waals surface area (Å²) in [5.41, 5.74) is 0.946. The molecule has 0 heterocycles. The van der Waals surface area contributed by atoms with Crippen molar-refractivity contribution in [2.24, 2.45) is 5.92 Å². The minimum absolute atomic E-state index is 0.158. The molecule has 0 aromatic heterocycles. The lowest BCUT2D eigenvalue weighted by molar-refractivity contribution is -0.142. The lowest BCUT2D eigenvalue weighted by atomic mass is 9.98. The van der Waals surface area contributed by atoms with Gasteiger partial charge in [-0.3, -0.25) is 9.59 Å². The van der Waals surface area contributed by atoms with E-state index in [9.17, 15) is 19.6 Å². The number of hydrogen-bond donors (Lipinski definition) is 2. The zero-order chi connectivity index (χ0) is 25.3. The Bertz CT molecular complexity index is 851. The van der Waals surface area contributed by atoms with Gasteiger partial charge < -0.3 is 20.3 Å². The van der Waals surface area contributed by atoms with Crippen LogP contribution in [0.25, 0.3) is 0 Å². The average molecular weight is 459 g/mol. The van der Waals surface area contributed by atoms with E-state index in [1.807, 2.05) is 39.0 Å². The van der Waals surface area contributed by atoms with E-state index >= 15 is 0 Å². The molecular weight excluding hydrogens is 420 g/mol. The van der Waals surface area contributed by atoms with Gasteiger partial charge in [-0.2, -0.15) is 5.26 Å². The molecule has 0 radical (unpaired) electrons. The van der Waals surface area contributed by atoms with E-state index in [0.717, 1.165) is 12.0 Å². The first kappa shape index (κ1) is 28.0. The van der Waals surface area contributed by atoms with Gasteiger partial charge in [0.25, 0.3) is 0 Å². The first-order chi connectivity index (χ1) is 15.3. The molecule has 0 aliphatic heterocycles. The molecular formula is C25H38N4O4. The molecule has 2 atom stereocenters. The van der Waals surface area contributed by atoms with Gasteiger partial charge in [-0.15, -0.1) is 0 Å². The highest BCUT2D eigenvalue weighted by Crippen LogP contribution is 2.24. The minimum Gasteiger partial charge on any atom is -0.444 e. The minimum atomic E-state index is -1.02. The lowest BCUT2D eigenvalue weighted by Crippen LogP contribution is -2.55. The summed E-state index contributed by atoms with van der Waals surface area (Å²) in [6.45, 7) is 14.1. The highest BCUT2D eigenvalue weighted by atomic mass is 16.6. The van der Waals surface area contributed by atoms with Crippen molar-refractivity contribution < 1.29 is 19.1 Å². The number of benzene rings is 1. The van der Waals surface area contributed by atoms with Crippen LogP contribution in [0.2, 0.25) is 0 Å². The largest absolute Gasteiger partial charge is 0.444 e. The zero-order valence-corrected chi connectivity index (χ0v) is 21.1. The fraction of sp³-hybridized carbons (Fsp3) is 0.600. The zero-order valence-electron chi connectivity index (χ0n) is 21.1. The molecule has 0 aliphatic rings. The monoisotopic (exact) mass is 458 g/mol. The molecule has 1 aromatic rings. The smallest absolute Gasteiger partial charge is 0.408 e. The fourth-order valence-corrected chi connectivity index (χ4v) is 3.27. The Morgan fingerprint density at radius 2 is 1.64 bits per heavy atom. The molecule has 2 unspecified atom stereocenters. The molecule has 8 heteroatoms. The van der Waals surface area contributed by atoms with E-state index < -0.39 is 35.6 Å². The summed E-state index contributed by atoms with van der Waals surface area (Å²) < 4.78 is 5.31. The molecule has 1 aromatic carbocycles. The second kappa shape index (κ2) is 12.2. The van der Waals surface area contributed by atoms with Crippen LogP contribution >= 0.6 is 0 Å². The van der Waals surface area contributed by atoms with Crippen molar-refractivity contribution in [3.8, 4) is 6.07 Å². The van der Waals surface area contributed by atoms with Crippen molar-refractivity contribution >= 4 is 17.9 Å². The second-order valence-electron chi connectivity index (χ2n) is 9.65. The van der Waals surface area contributed by atoms with Gasteiger partial charge in [0.05, 0.1) is 6.07 Å². The average Bonchev–Trinajstić information content (AvgIpc) is 2.69. The molecule has 182 valence electrons. The van der Waals surface area contributed by atoms with Crippen LogP contribution in [0.4, 0.5) is 4.79 Å². The van der Waals surface area contributed by atoms with Crippen LogP contribution in [0.15, 0.2) is 24.3 Å². The molecule has 0 spiro atoms. The van der Waals surface area contributed by atoms with Crippen LogP contribution in [0.1, 0.15) is 72.6 Å². The maximum absolute atomic E-state index is 13.6. The number of nitrogens with one attached hydrogen (secondary N) is 2. The maximum Gasteiger partial charge on any atom is 0.408 e. The number of hydrogen-bond acceptors (Lipinski definition) is 5. The molecule has 3 amide bonds. The number of alkyl carbamates (subject to hydrolysis) is 1. The summed E-state index contributed by atoms with van der Waals surface area (Å²) in [4.78, 5) is 40.5. The van der Waals surface area contributed by atoms with E-state index in [1.165, 1.54) is 4.90 Å². The van der Waals surface area contributed by atoms with Gasteiger partial charge in [0.1, 0.15) is 24.2 Å². The molecule has 33 heavy (non-hydrogen) atoms. The van der Waals surface area contributed by atoms with Gasteiger partial charge in [0.2, 0.25) is 11.8 Å². The summed E-state index contributed by atoms with van der Waals surface area (Å²) in [6, 6.07) is 7.24. The van der Waals surface area contributed by atoms with Crippen LogP contribution in [0.5, 0.6) is 0 Å². The SMILES string of the molecule is CCc1ccc(C(C(=O)NC(C)C)N(CC#N)C(=O)C(NC(=O)OC(C)(C)C)C(C)C)cc1. The molecule has 1 rings (SSSR count). The van der Waals surface area contributed by atoms with Crippen LogP contribution < -0.4 is 10.6 Å². The number of rotatable bonds is 9. The number of nitriles is 1. The fourth-order valence-electron chi connectivity index (χ4n) is 3.27. The van der Waals surface area contributed by atoms with Gasteiger partial charge in [0, 0.05) is 6.04 Å². The van der Waals surface area contributed by atoms with Crippen molar-refractivity contribution in [1.29, 1.82) is 5.26 Å². The number of nitrogens with zero attached hydrogens (tertiary/aromatic N) is 2. The van der Waals surface area contributed by atoms with Gasteiger partial charge in [0.15, 0.2) is 0 Å². The third-order valence-electron chi connectivity index (χ3n) is 4.82. The van der Waals surface area contributed by atoms with E-state index in [-0.39, 0.29) is 18.5 Å². The highest BCUT2D eigenvalue weighted by molar-refractivity contribution is 5.92. The Morgan fingerprint density at radius 3 is 2.06 bits per heavy atom. The number of aryl methyl sites for hydroxylation is 1. The summed E-state index contributed by atoms with van der Waals surface area (Å²) in [7, 11) is 0. The first-order valence-corrected chi connectivity index (χ1v) is 11.4. The van der Waals surface area contributed by atoms with E-state index in [1.54, 1.807) is 46.8 Å². The number of carbonyl (C=O) groups is 3. The van der Waals surface area contributed by atoms with Crippen LogP contribution in [-0.2, 0) is 20.7 Å². The van der Waals surface area contributed by atoms with E-state index in [4.69, 9.17) is 4.74 Å². The predicted octanol–water partition coefficient (Wildman–Crippen LogP) is 3.72. The van der Waals surface area contributed by atoms with Crippen molar-refractivity contribution in [3.05, 3.63) is 35.4 Å². The third-order valence-corrected chi connectivity index (χ3v) is 4.82. The van der Waals surface area contributed by atoms with Crippen LogP contribution in [0.3, 0.4) is 0 Å². The maximum atomic E-state index is 13.6. The number of ether oxygens (including phenoxy) is 1. The van der Waals surface area contributed by atoms with E-state index in [2.05, 4.69) is 10.6 Å². The Hall–Kier alpha value is -3.08. The van der Waals surface area contributed by atoms with Crippen molar-refractivity contribution in [2.45, 2.75) is 85.5 Å². The summed E-state index contributed by atoms with van der Waals surface area (Å²) in [5.74, 6) is -1.22. The molecule has 0 aliphatic carbocycles. The van der Waals surface area contributed by atoms with Crippen molar-refractivity contribution in [1.82, 2.24) is 15.5 Å². The quantitative estimate of drug-likeness (QED) is 0.548. The Labute approximate surface area is 197 Å². The second-order valence-corrected chi connectivity index (χ2v) is 9.65. The molecule has 0 bridgehead atoms. The third kappa shape index (κ3) is 8.76. The first-order valence-electron chi connectivity index (χ1n) is 11.4. The van der Waals surface area contributed by atoms with E-state index in [0.29, 0.717) is 5.56 Å². The van der Waals surface area contributed by atoms with Crippen molar-refractivity contribution in [2.75, 3.05) is 6.54 Å². The molecule has 0 saturated carbocycles. The van der Waals surface area contributed by atoms with Gasteiger partial charge in [-0.05, 0) is 58.1 Å². The molecule has 0 fully saturated rings. The van der Waals surface area contributed by atoms with Crippen molar-refractivity contribution in [3.63, 3.8) is 0 Å². The number of amides is 3. The predicted molar refractivity (Wildman–Crippen MR) is 127 cm³/mol. The Kier molecular flexibility index (Phi) is 10.4. The summed E-state index contributed by atoms with van der Waals surface area (Å²) in [5, 5.41) is 15.0. The lowest BCUT2D eigenvalue weighted by Gasteiger charge is -2.34. The summed E-state index contributed by atoms with van der Waals surface area (Å²) >= 11 is 0. The molecule has 2 N–H and O–H groups in total. The van der Waals surface area contributed by atoms with Gasteiger partial charge in [-0.1, -0.05) is 45.0 Å². The Morgan fingerprint density at radius 1 is 1.06 bits per heavy atom. The topological polar surface area (TPSA) is 112 Å².